The van der Waals surface area contributed by atoms with Crippen LogP contribution in [0.4, 0.5) is 10.1 Å². The van der Waals surface area contributed by atoms with Gasteiger partial charge < -0.3 is 4.90 Å². The van der Waals surface area contributed by atoms with Gasteiger partial charge in [-0.2, -0.15) is 5.26 Å². The maximum absolute atomic E-state index is 13.6. The molecular weight excluding hydrogens is 335 g/mol. The molecule has 0 radical (unpaired) electrons. The van der Waals surface area contributed by atoms with Crippen molar-refractivity contribution in [3.63, 3.8) is 0 Å². The van der Waals surface area contributed by atoms with E-state index >= 15 is 0 Å². The van der Waals surface area contributed by atoms with Gasteiger partial charge in [0.1, 0.15) is 10.7 Å². The van der Waals surface area contributed by atoms with Crippen LogP contribution in [-0.4, -0.2) is 20.4 Å². The highest BCUT2D eigenvalue weighted by molar-refractivity contribution is 7.17. The number of anilines is 1. The average Bonchev–Trinajstić information content (AvgIpc) is 3.02. The van der Waals surface area contributed by atoms with Crippen LogP contribution in [0.2, 0.25) is 0 Å². The van der Waals surface area contributed by atoms with E-state index in [1.807, 2.05) is 55.4 Å². The minimum absolute atomic E-state index is 0.0665. The molecule has 25 heavy (non-hydrogen) atoms. The Bertz CT molecular complexity index is 968. The van der Waals surface area contributed by atoms with Crippen molar-refractivity contribution in [2.45, 2.75) is 0 Å². The Morgan fingerprint density at radius 1 is 1.08 bits per heavy atom. The molecule has 0 aliphatic heterocycles. The molecule has 124 valence electrons. The first-order valence-corrected chi connectivity index (χ1v) is 8.42. The van der Waals surface area contributed by atoms with E-state index < -0.39 is 5.82 Å². The number of nitrogens with zero attached hydrogens (tertiary/aromatic N) is 2. The first kappa shape index (κ1) is 16.9. The summed E-state index contributed by atoms with van der Waals surface area (Å²) in [6.45, 7) is 0. The molecule has 2 aromatic carbocycles. The molecule has 0 unspecified atom stereocenters. The van der Waals surface area contributed by atoms with Crippen LogP contribution in [0.5, 0.6) is 0 Å². The van der Waals surface area contributed by atoms with E-state index in [0.717, 1.165) is 33.7 Å². The molecule has 0 bridgehead atoms. The summed E-state index contributed by atoms with van der Waals surface area (Å²) >= 11 is 1.08. The van der Waals surface area contributed by atoms with Crippen LogP contribution >= 0.6 is 11.3 Å². The van der Waals surface area contributed by atoms with Crippen molar-refractivity contribution < 1.29 is 9.18 Å². The first-order chi connectivity index (χ1) is 12.0. The fraction of sp³-hybridized carbons (Fsp3) is 0.100. The van der Waals surface area contributed by atoms with E-state index in [9.17, 15) is 14.4 Å². The Balaban J connectivity index is 2.02. The van der Waals surface area contributed by atoms with Crippen molar-refractivity contribution in [3.8, 4) is 27.6 Å². The van der Waals surface area contributed by atoms with Crippen LogP contribution in [0.25, 0.3) is 21.6 Å². The number of aldehydes is 1. The van der Waals surface area contributed by atoms with Crippen LogP contribution in [0, 0.1) is 17.1 Å². The zero-order chi connectivity index (χ0) is 18.0. The molecule has 3 aromatic rings. The molecule has 5 heteroatoms. The highest BCUT2D eigenvalue weighted by Gasteiger charge is 2.12. The van der Waals surface area contributed by atoms with E-state index in [2.05, 4.69) is 6.07 Å². The predicted molar refractivity (Wildman–Crippen MR) is 99.6 cm³/mol. The van der Waals surface area contributed by atoms with Crippen molar-refractivity contribution in [2.75, 3.05) is 19.0 Å². The molecular formula is C20H15FN2OS. The summed E-state index contributed by atoms with van der Waals surface area (Å²) in [7, 11) is 3.94. The van der Waals surface area contributed by atoms with Crippen molar-refractivity contribution in [2.24, 2.45) is 0 Å². The van der Waals surface area contributed by atoms with E-state index in [1.54, 1.807) is 6.07 Å². The molecule has 0 aliphatic rings. The van der Waals surface area contributed by atoms with E-state index in [1.165, 1.54) is 6.07 Å². The molecule has 0 aliphatic carbocycles. The van der Waals surface area contributed by atoms with Gasteiger partial charge in [-0.3, -0.25) is 4.79 Å². The van der Waals surface area contributed by atoms with Gasteiger partial charge in [0.2, 0.25) is 0 Å². The SMILES string of the molecule is CN(C)c1ccc(-c2ccc(-c3cc(F)c(C=O)s3)cc2C#N)cc1. The molecule has 1 heterocycles. The Kier molecular flexibility index (Phi) is 4.64. The van der Waals surface area contributed by atoms with E-state index in [4.69, 9.17) is 0 Å². The molecule has 3 nitrogen and oxygen atoms in total. The van der Waals surface area contributed by atoms with Crippen LogP contribution in [0.1, 0.15) is 15.2 Å². The summed E-state index contributed by atoms with van der Waals surface area (Å²) in [5, 5.41) is 9.51. The monoisotopic (exact) mass is 350 g/mol. The van der Waals surface area contributed by atoms with Gasteiger partial charge in [0.15, 0.2) is 6.29 Å². The zero-order valence-electron chi connectivity index (χ0n) is 13.8. The summed E-state index contributed by atoms with van der Waals surface area (Å²) in [5.74, 6) is -0.531. The third-order valence-electron chi connectivity index (χ3n) is 3.94. The summed E-state index contributed by atoms with van der Waals surface area (Å²) in [6, 6.07) is 16.9. The van der Waals surface area contributed by atoms with E-state index in [-0.39, 0.29) is 4.88 Å². The topological polar surface area (TPSA) is 44.1 Å². The van der Waals surface area contributed by atoms with Gasteiger partial charge in [0.05, 0.1) is 11.6 Å². The number of hydrogen-bond acceptors (Lipinski definition) is 4. The summed E-state index contributed by atoms with van der Waals surface area (Å²) in [5.41, 5.74) is 4.08. The summed E-state index contributed by atoms with van der Waals surface area (Å²) in [6.07, 6.45) is 0.509. The van der Waals surface area contributed by atoms with Crippen LogP contribution < -0.4 is 4.90 Å². The lowest BCUT2D eigenvalue weighted by Crippen LogP contribution is -2.07. The number of carbonyl (C=O) groups is 1. The number of thiophene rings is 1. The van der Waals surface area contributed by atoms with Crippen LogP contribution in [0.15, 0.2) is 48.5 Å². The highest BCUT2D eigenvalue weighted by atomic mass is 32.1. The second-order valence-electron chi connectivity index (χ2n) is 5.75. The minimum Gasteiger partial charge on any atom is -0.378 e. The molecule has 0 spiro atoms. The molecule has 0 saturated heterocycles. The lowest BCUT2D eigenvalue weighted by Gasteiger charge is -2.13. The van der Waals surface area contributed by atoms with Gasteiger partial charge in [-0.15, -0.1) is 11.3 Å². The van der Waals surface area contributed by atoms with Crippen LogP contribution in [-0.2, 0) is 0 Å². The molecule has 1 aromatic heterocycles. The standard InChI is InChI=1S/C20H15FN2OS/c1-23(2)16-6-3-13(4-7-16)17-8-5-14(9-15(17)11-22)19-10-18(21)20(12-24)25-19/h3-10,12H,1-2H3. The molecule has 0 atom stereocenters. The van der Waals surface area contributed by atoms with Crippen LogP contribution in [0.3, 0.4) is 0 Å². The molecule has 0 saturated carbocycles. The Hall–Kier alpha value is -2.97. The first-order valence-electron chi connectivity index (χ1n) is 7.60. The fourth-order valence-electron chi connectivity index (χ4n) is 2.59. The quantitative estimate of drug-likeness (QED) is 0.624. The second-order valence-corrected chi connectivity index (χ2v) is 6.84. The van der Waals surface area contributed by atoms with Gasteiger partial charge in [0.25, 0.3) is 0 Å². The summed E-state index contributed by atoms with van der Waals surface area (Å²) in [4.78, 5) is 13.5. The molecule has 0 N–H and O–H groups in total. The van der Waals surface area contributed by atoms with Crippen molar-refractivity contribution in [3.05, 3.63) is 64.8 Å². The third-order valence-corrected chi connectivity index (χ3v) is 5.02. The molecule has 0 amide bonds. The molecule has 0 fully saturated rings. The lowest BCUT2D eigenvalue weighted by molar-refractivity contribution is 0.112. The maximum atomic E-state index is 13.6. The zero-order valence-corrected chi connectivity index (χ0v) is 14.6. The number of halogens is 1. The van der Waals surface area contributed by atoms with Gasteiger partial charge in [0, 0.05) is 24.7 Å². The Morgan fingerprint density at radius 3 is 2.32 bits per heavy atom. The Labute approximate surface area is 149 Å². The normalized spacial score (nSPS) is 10.3. The lowest BCUT2D eigenvalue weighted by atomic mass is 9.97. The maximum Gasteiger partial charge on any atom is 0.163 e. The second kappa shape index (κ2) is 6.88. The largest absolute Gasteiger partial charge is 0.378 e. The number of nitriles is 1. The fourth-order valence-corrected chi connectivity index (χ4v) is 3.44. The minimum atomic E-state index is -0.531. The van der Waals surface area contributed by atoms with Crippen molar-refractivity contribution in [1.29, 1.82) is 5.26 Å². The Morgan fingerprint density at radius 2 is 1.76 bits per heavy atom. The van der Waals surface area contributed by atoms with Gasteiger partial charge in [-0.1, -0.05) is 24.3 Å². The smallest absolute Gasteiger partial charge is 0.163 e. The average molecular weight is 350 g/mol. The number of hydrogen-bond donors (Lipinski definition) is 0. The predicted octanol–water partition coefficient (Wildman–Crippen LogP) is 4.97. The molecule has 3 rings (SSSR count). The van der Waals surface area contributed by atoms with Crippen molar-refractivity contribution >= 4 is 23.3 Å². The number of carbonyl (C=O) groups excluding carboxylic acids is 1. The number of benzene rings is 2. The number of rotatable bonds is 4. The van der Waals surface area contributed by atoms with E-state index in [0.29, 0.717) is 16.7 Å². The summed E-state index contributed by atoms with van der Waals surface area (Å²) < 4.78 is 13.6. The third kappa shape index (κ3) is 3.30. The van der Waals surface area contributed by atoms with Crippen molar-refractivity contribution in [1.82, 2.24) is 0 Å². The van der Waals surface area contributed by atoms with Gasteiger partial charge in [-0.25, -0.2) is 4.39 Å². The van der Waals surface area contributed by atoms with Gasteiger partial charge >= 0.3 is 0 Å². The highest BCUT2D eigenvalue weighted by Crippen LogP contribution is 2.33. The van der Waals surface area contributed by atoms with Gasteiger partial charge in [-0.05, 0) is 41.0 Å².